The Labute approximate surface area is 110 Å². The molecule has 0 saturated heterocycles. The summed E-state index contributed by atoms with van der Waals surface area (Å²) in [6.07, 6.45) is 2.22. The number of carboxylic acids is 1. The van der Waals surface area contributed by atoms with Crippen LogP contribution in [0, 0.1) is 17.6 Å². The first-order valence-electron chi connectivity index (χ1n) is 6.39. The molecule has 1 aliphatic carbocycles. The third-order valence-electron chi connectivity index (χ3n) is 3.38. The molecular formula is C14H17F2NO2. The average molecular weight is 269 g/mol. The van der Waals surface area contributed by atoms with Crippen molar-refractivity contribution in [1.29, 1.82) is 0 Å². The fraction of sp³-hybridized carbons (Fsp3) is 0.500. The van der Waals surface area contributed by atoms with Crippen molar-refractivity contribution in [1.82, 2.24) is 0 Å². The van der Waals surface area contributed by atoms with E-state index in [9.17, 15) is 13.6 Å². The van der Waals surface area contributed by atoms with Gasteiger partial charge >= 0.3 is 5.97 Å². The Morgan fingerprint density at radius 3 is 2.47 bits per heavy atom. The summed E-state index contributed by atoms with van der Waals surface area (Å²) < 4.78 is 27.7. The highest BCUT2D eigenvalue weighted by atomic mass is 19.2. The van der Waals surface area contributed by atoms with Crippen LogP contribution in [0.3, 0.4) is 0 Å². The first-order chi connectivity index (χ1) is 8.91. The summed E-state index contributed by atoms with van der Waals surface area (Å²) >= 11 is 0. The number of nitrogens with zero attached hydrogens (tertiary/aromatic N) is 1. The minimum absolute atomic E-state index is 0.0326. The lowest BCUT2D eigenvalue weighted by Crippen LogP contribution is -2.33. The molecule has 1 saturated carbocycles. The lowest BCUT2D eigenvalue weighted by Gasteiger charge is -2.29. The lowest BCUT2D eigenvalue weighted by molar-refractivity contribution is 0.0690. The van der Waals surface area contributed by atoms with Crippen LogP contribution in [0.25, 0.3) is 0 Å². The van der Waals surface area contributed by atoms with Crippen LogP contribution in [0.2, 0.25) is 0 Å². The van der Waals surface area contributed by atoms with Crippen molar-refractivity contribution in [2.75, 3.05) is 11.4 Å². The molecule has 0 atom stereocenters. The fourth-order valence-corrected chi connectivity index (χ4v) is 2.09. The van der Waals surface area contributed by atoms with Crippen LogP contribution in [0.1, 0.15) is 37.0 Å². The number of halogens is 2. The average Bonchev–Trinajstić information content (AvgIpc) is 3.13. The predicted molar refractivity (Wildman–Crippen MR) is 68.5 cm³/mol. The van der Waals surface area contributed by atoms with Crippen molar-refractivity contribution in [2.24, 2.45) is 5.92 Å². The smallest absolute Gasteiger partial charge is 0.338 e. The monoisotopic (exact) mass is 269 g/mol. The molecule has 2 rings (SSSR count). The summed E-state index contributed by atoms with van der Waals surface area (Å²) in [5, 5.41) is 8.76. The van der Waals surface area contributed by atoms with Gasteiger partial charge in [-0.25, -0.2) is 13.6 Å². The van der Waals surface area contributed by atoms with Gasteiger partial charge in [-0.15, -0.1) is 0 Å². The molecule has 1 aliphatic rings. The molecule has 104 valence electrons. The molecule has 0 heterocycles. The zero-order chi connectivity index (χ0) is 14.2. The van der Waals surface area contributed by atoms with Gasteiger partial charge < -0.3 is 10.0 Å². The van der Waals surface area contributed by atoms with E-state index in [1.165, 1.54) is 6.07 Å². The summed E-state index contributed by atoms with van der Waals surface area (Å²) in [5.41, 5.74) is -0.485. The van der Waals surface area contributed by atoms with Crippen molar-refractivity contribution in [3.63, 3.8) is 0 Å². The first-order valence-corrected chi connectivity index (χ1v) is 6.39. The molecule has 1 N–H and O–H groups in total. The maximum atomic E-state index is 14.0. The van der Waals surface area contributed by atoms with E-state index >= 15 is 0 Å². The van der Waals surface area contributed by atoms with Gasteiger partial charge in [0.1, 0.15) is 0 Å². The topological polar surface area (TPSA) is 40.5 Å². The van der Waals surface area contributed by atoms with Crippen LogP contribution in [0.15, 0.2) is 12.1 Å². The minimum atomic E-state index is -1.46. The zero-order valence-corrected chi connectivity index (χ0v) is 11.0. The molecule has 0 amide bonds. The Bertz CT molecular complexity index is 498. The number of carbonyl (C=O) groups is 1. The Morgan fingerprint density at radius 2 is 2.00 bits per heavy atom. The van der Waals surface area contributed by atoms with Crippen molar-refractivity contribution in [3.8, 4) is 0 Å². The van der Waals surface area contributed by atoms with E-state index in [0.717, 1.165) is 18.9 Å². The van der Waals surface area contributed by atoms with Gasteiger partial charge in [0.05, 0.1) is 11.3 Å². The second-order valence-corrected chi connectivity index (χ2v) is 5.25. The van der Waals surface area contributed by atoms with E-state index in [4.69, 9.17) is 5.11 Å². The number of rotatable bonds is 5. The van der Waals surface area contributed by atoms with Crippen molar-refractivity contribution >= 4 is 11.7 Å². The molecule has 0 unspecified atom stereocenters. The maximum Gasteiger partial charge on any atom is 0.338 e. The van der Waals surface area contributed by atoms with Crippen LogP contribution >= 0.6 is 0 Å². The molecule has 0 bridgehead atoms. The van der Waals surface area contributed by atoms with Crippen LogP contribution in [0.5, 0.6) is 0 Å². The molecule has 5 heteroatoms. The third-order valence-corrected chi connectivity index (χ3v) is 3.38. The van der Waals surface area contributed by atoms with Gasteiger partial charge in [0.2, 0.25) is 0 Å². The van der Waals surface area contributed by atoms with Gasteiger partial charge in [0, 0.05) is 12.6 Å². The molecule has 1 aromatic rings. The first kappa shape index (κ1) is 13.8. The van der Waals surface area contributed by atoms with E-state index in [1.807, 2.05) is 13.8 Å². The molecule has 0 aliphatic heterocycles. The van der Waals surface area contributed by atoms with Crippen LogP contribution in [0.4, 0.5) is 14.5 Å². The predicted octanol–water partition coefficient (Wildman–Crippen LogP) is 3.29. The lowest BCUT2D eigenvalue weighted by atomic mass is 10.1. The SMILES string of the molecule is CC(C)N(CC1CC1)c1ccc(C(=O)O)c(F)c1F. The normalized spacial score (nSPS) is 14.8. The minimum Gasteiger partial charge on any atom is -0.478 e. The Morgan fingerprint density at radius 1 is 1.37 bits per heavy atom. The quantitative estimate of drug-likeness (QED) is 0.891. The van der Waals surface area contributed by atoms with Crippen LogP contribution in [-0.4, -0.2) is 23.7 Å². The fourth-order valence-electron chi connectivity index (χ4n) is 2.09. The van der Waals surface area contributed by atoms with Gasteiger partial charge in [-0.05, 0) is 44.7 Å². The number of benzene rings is 1. The second-order valence-electron chi connectivity index (χ2n) is 5.25. The van der Waals surface area contributed by atoms with Gasteiger partial charge in [0.15, 0.2) is 11.6 Å². The highest BCUT2D eigenvalue weighted by Crippen LogP contribution is 2.34. The number of carboxylic acid groups (broad SMARTS) is 1. The molecule has 1 aromatic carbocycles. The number of hydrogen-bond donors (Lipinski definition) is 1. The highest BCUT2D eigenvalue weighted by molar-refractivity contribution is 5.88. The van der Waals surface area contributed by atoms with E-state index in [0.29, 0.717) is 12.5 Å². The van der Waals surface area contributed by atoms with Gasteiger partial charge in [0.25, 0.3) is 0 Å². The van der Waals surface area contributed by atoms with Crippen molar-refractivity contribution < 1.29 is 18.7 Å². The van der Waals surface area contributed by atoms with E-state index in [2.05, 4.69) is 0 Å². The van der Waals surface area contributed by atoms with Gasteiger partial charge in [-0.3, -0.25) is 0 Å². The highest BCUT2D eigenvalue weighted by Gasteiger charge is 2.28. The van der Waals surface area contributed by atoms with E-state index in [-0.39, 0.29) is 11.7 Å². The summed E-state index contributed by atoms with van der Waals surface area (Å²) in [7, 11) is 0. The molecule has 0 spiro atoms. The van der Waals surface area contributed by atoms with Crippen molar-refractivity contribution in [3.05, 3.63) is 29.3 Å². The standard InChI is InChI=1S/C14H17F2NO2/c1-8(2)17(7-9-3-4-9)11-6-5-10(14(18)19)12(15)13(11)16/h5-6,8-9H,3-4,7H2,1-2H3,(H,18,19). The summed E-state index contributed by atoms with van der Waals surface area (Å²) in [4.78, 5) is 12.5. The van der Waals surface area contributed by atoms with Crippen LogP contribution in [-0.2, 0) is 0 Å². The number of hydrogen-bond acceptors (Lipinski definition) is 2. The molecule has 0 aromatic heterocycles. The zero-order valence-electron chi connectivity index (χ0n) is 11.0. The van der Waals surface area contributed by atoms with Crippen molar-refractivity contribution in [2.45, 2.75) is 32.7 Å². The molecule has 3 nitrogen and oxygen atoms in total. The second kappa shape index (κ2) is 5.15. The van der Waals surface area contributed by atoms with E-state index in [1.54, 1.807) is 4.90 Å². The Balaban J connectivity index is 2.36. The Kier molecular flexibility index (Phi) is 3.73. The summed E-state index contributed by atoms with van der Waals surface area (Å²) in [5.74, 6) is -3.29. The summed E-state index contributed by atoms with van der Waals surface area (Å²) in [6.45, 7) is 4.50. The van der Waals surface area contributed by atoms with Gasteiger partial charge in [-0.1, -0.05) is 0 Å². The number of anilines is 1. The Hall–Kier alpha value is -1.65. The number of aromatic carboxylic acids is 1. The van der Waals surface area contributed by atoms with Crippen LogP contribution < -0.4 is 4.90 Å². The maximum absolute atomic E-state index is 14.0. The molecule has 19 heavy (non-hydrogen) atoms. The molecular weight excluding hydrogens is 252 g/mol. The van der Waals surface area contributed by atoms with E-state index < -0.39 is 23.2 Å². The summed E-state index contributed by atoms with van der Waals surface area (Å²) in [6, 6.07) is 2.51. The van der Waals surface area contributed by atoms with Gasteiger partial charge in [-0.2, -0.15) is 0 Å². The molecule has 1 fully saturated rings. The third kappa shape index (κ3) is 2.85. The molecule has 0 radical (unpaired) electrons. The largest absolute Gasteiger partial charge is 0.478 e.